The normalized spacial score (nSPS) is 33.3. The van der Waals surface area contributed by atoms with Gasteiger partial charge >= 0.3 is 0 Å². The molecule has 5 nitrogen and oxygen atoms in total. The Balaban J connectivity index is 1.80. The van der Waals surface area contributed by atoms with Gasteiger partial charge in [0.05, 0.1) is 24.8 Å². The second-order valence-electron chi connectivity index (χ2n) is 8.90. The van der Waals surface area contributed by atoms with Gasteiger partial charge in [-0.15, -0.1) is 0 Å². The highest BCUT2D eigenvalue weighted by Crippen LogP contribution is 2.48. The van der Waals surface area contributed by atoms with Gasteiger partial charge in [0.1, 0.15) is 5.92 Å². The third-order valence-electron chi connectivity index (χ3n) is 7.30. The fraction of sp³-hybridized carbons (Fsp3) is 0.895. The highest BCUT2D eigenvalue weighted by atomic mass is 19.3. The number of hydrogen-bond acceptors (Lipinski definition) is 4. The van der Waals surface area contributed by atoms with Gasteiger partial charge in [0, 0.05) is 24.5 Å². The summed E-state index contributed by atoms with van der Waals surface area (Å²) in [6.45, 7) is 5.36. The fourth-order valence-corrected chi connectivity index (χ4v) is 5.13. The molecule has 7 heteroatoms. The zero-order valence-corrected chi connectivity index (χ0v) is 15.8. The van der Waals surface area contributed by atoms with Gasteiger partial charge in [-0.1, -0.05) is 6.92 Å². The molecule has 3 saturated heterocycles. The molecule has 0 aromatic carbocycles. The van der Waals surface area contributed by atoms with Crippen LogP contribution in [-0.2, 0) is 4.79 Å². The number of carbonyl (C=O) groups is 1. The van der Waals surface area contributed by atoms with Gasteiger partial charge in [-0.3, -0.25) is 9.69 Å². The Morgan fingerprint density at radius 3 is 2.42 bits per heavy atom. The van der Waals surface area contributed by atoms with Crippen molar-refractivity contribution in [1.29, 1.82) is 5.26 Å². The standard InChI is InChI=1S/C19H29F2N3O2/c1-13(17(2,3)23-9-8-19(20,21)11-23)15(10-22)16(26)24-14-4-6-18(24,12-25)7-5-14/h13-15,25H,4-9,11-12H2,1-3H3. The maximum absolute atomic E-state index is 13.7. The van der Waals surface area contributed by atoms with Crippen molar-refractivity contribution in [3.8, 4) is 6.07 Å². The minimum Gasteiger partial charge on any atom is -0.394 e. The van der Waals surface area contributed by atoms with Crippen molar-refractivity contribution in [2.75, 3.05) is 19.7 Å². The molecule has 0 aliphatic carbocycles. The van der Waals surface area contributed by atoms with E-state index in [0.29, 0.717) is 0 Å². The van der Waals surface area contributed by atoms with Crippen LogP contribution in [0.3, 0.4) is 0 Å². The molecule has 146 valence electrons. The van der Waals surface area contributed by atoms with E-state index in [1.54, 1.807) is 9.80 Å². The molecule has 2 atom stereocenters. The van der Waals surface area contributed by atoms with Gasteiger partial charge in [0.25, 0.3) is 5.92 Å². The van der Waals surface area contributed by atoms with Crippen LogP contribution in [0.1, 0.15) is 52.9 Å². The first kappa shape index (κ1) is 19.5. The zero-order valence-electron chi connectivity index (χ0n) is 15.8. The minimum absolute atomic E-state index is 0.0799. The number of aliphatic hydroxyl groups is 1. The summed E-state index contributed by atoms with van der Waals surface area (Å²) < 4.78 is 27.3. The number of carbonyl (C=O) groups excluding carboxylic acids is 1. The van der Waals surface area contributed by atoms with Gasteiger partial charge in [-0.05, 0) is 45.4 Å². The van der Waals surface area contributed by atoms with Crippen molar-refractivity contribution in [1.82, 2.24) is 9.80 Å². The first-order valence-electron chi connectivity index (χ1n) is 9.54. The Labute approximate surface area is 153 Å². The number of hydrogen-bond donors (Lipinski definition) is 1. The number of amides is 1. The number of nitriles is 1. The molecule has 1 amide bonds. The number of fused-ring (bicyclic) bond motifs is 2. The number of halogens is 2. The van der Waals surface area contributed by atoms with Crippen LogP contribution in [-0.4, -0.2) is 63.6 Å². The first-order chi connectivity index (χ1) is 12.1. The van der Waals surface area contributed by atoms with Crippen molar-refractivity contribution >= 4 is 5.91 Å². The number of likely N-dealkylation sites (tertiary alicyclic amines) is 1. The van der Waals surface area contributed by atoms with Crippen LogP contribution in [0.15, 0.2) is 0 Å². The quantitative estimate of drug-likeness (QED) is 0.808. The molecule has 1 N–H and O–H groups in total. The summed E-state index contributed by atoms with van der Waals surface area (Å²) in [7, 11) is 0. The predicted octanol–water partition coefficient (Wildman–Crippen LogP) is 2.40. The van der Waals surface area contributed by atoms with Gasteiger partial charge in [0.2, 0.25) is 5.91 Å². The fourth-order valence-electron chi connectivity index (χ4n) is 5.13. The van der Waals surface area contributed by atoms with Crippen LogP contribution in [0, 0.1) is 23.2 Å². The molecule has 26 heavy (non-hydrogen) atoms. The molecule has 0 radical (unpaired) electrons. The first-order valence-corrected chi connectivity index (χ1v) is 9.54. The average molecular weight is 369 g/mol. The lowest BCUT2D eigenvalue weighted by Crippen LogP contribution is -2.55. The smallest absolute Gasteiger partial charge is 0.261 e. The van der Waals surface area contributed by atoms with E-state index < -0.39 is 28.8 Å². The lowest BCUT2D eigenvalue weighted by Gasteiger charge is -2.43. The van der Waals surface area contributed by atoms with E-state index in [0.717, 1.165) is 25.7 Å². The number of rotatable bonds is 5. The minimum atomic E-state index is -2.71. The molecule has 0 spiro atoms. The Morgan fingerprint density at radius 1 is 1.35 bits per heavy atom. The van der Waals surface area contributed by atoms with Gasteiger partial charge < -0.3 is 10.0 Å². The molecule has 3 aliphatic heterocycles. The molecule has 2 bridgehead atoms. The van der Waals surface area contributed by atoms with Crippen LogP contribution in [0.25, 0.3) is 0 Å². The molecule has 0 saturated carbocycles. The summed E-state index contributed by atoms with van der Waals surface area (Å²) >= 11 is 0. The highest BCUT2D eigenvalue weighted by Gasteiger charge is 2.56. The Kier molecular flexibility index (Phi) is 4.81. The summed E-state index contributed by atoms with van der Waals surface area (Å²) in [4.78, 5) is 16.7. The molecule has 0 aromatic heterocycles. The molecular weight excluding hydrogens is 340 g/mol. The lowest BCUT2D eigenvalue weighted by atomic mass is 9.77. The largest absolute Gasteiger partial charge is 0.394 e. The van der Waals surface area contributed by atoms with E-state index in [1.165, 1.54) is 0 Å². The van der Waals surface area contributed by atoms with Crippen LogP contribution in [0.4, 0.5) is 8.78 Å². The van der Waals surface area contributed by atoms with Crippen molar-refractivity contribution in [2.45, 2.75) is 75.9 Å². The van der Waals surface area contributed by atoms with Gasteiger partial charge in [-0.2, -0.15) is 5.26 Å². The van der Waals surface area contributed by atoms with E-state index in [4.69, 9.17) is 0 Å². The maximum Gasteiger partial charge on any atom is 0.261 e. The second kappa shape index (κ2) is 6.42. The van der Waals surface area contributed by atoms with E-state index in [1.807, 2.05) is 20.8 Å². The number of aliphatic hydroxyl groups excluding tert-OH is 1. The maximum atomic E-state index is 13.7. The topological polar surface area (TPSA) is 67.6 Å². The average Bonchev–Trinajstić information content (AvgIpc) is 3.26. The van der Waals surface area contributed by atoms with Crippen LogP contribution < -0.4 is 0 Å². The molecule has 3 rings (SSSR count). The summed E-state index contributed by atoms with van der Waals surface area (Å²) in [5.41, 5.74) is -1.22. The summed E-state index contributed by atoms with van der Waals surface area (Å²) in [6, 6.07) is 2.25. The predicted molar refractivity (Wildman–Crippen MR) is 92.4 cm³/mol. The van der Waals surface area contributed by atoms with Crippen molar-refractivity contribution < 1.29 is 18.7 Å². The van der Waals surface area contributed by atoms with Crippen LogP contribution in [0.5, 0.6) is 0 Å². The number of alkyl halides is 2. The summed E-state index contributed by atoms with van der Waals surface area (Å²) in [5, 5.41) is 19.6. The molecule has 3 heterocycles. The monoisotopic (exact) mass is 369 g/mol. The summed E-state index contributed by atoms with van der Waals surface area (Å²) in [5.74, 6) is -4.25. The summed E-state index contributed by atoms with van der Waals surface area (Å²) in [6.07, 6.45) is 3.08. The Hall–Kier alpha value is -1.26. The third-order valence-corrected chi connectivity index (χ3v) is 7.30. The van der Waals surface area contributed by atoms with E-state index in [2.05, 4.69) is 6.07 Å². The lowest BCUT2D eigenvalue weighted by molar-refractivity contribution is -0.142. The van der Waals surface area contributed by atoms with Crippen LogP contribution in [0.2, 0.25) is 0 Å². The Morgan fingerprint density at radius 2 is 1.96 bits per heavy atom. The highest BCUT2D eigenvalue weighted by molar-refractivity contribution is 5.83. The van der Waals surface area contributed by atoms with E-state index in [9.17, 15) is 23.9 Å². The van der Waals surface area contributed by atoms with Crippen molar-refractivity contribution in [3.05, 3.63) is 0 Å². The molecule has 2 unspecified atom stereocenters. The number of nitrogens with zero attached hydrogens (tertiary/aromatic N) is 3. The van der Waals surface area contributed by atoms with Crippen LogP contribution >= 0.6 is 0 Å². The molecule has 3 aliphatic rings. The van der Waals surface area contributed by atoms with E-state index in [-0.39, 0.29) is 38.1 Å². The van der Waals surface area contributed by atoms with Crippen molar-refractivity contribution in [3.63, 3.8) is 0 Å². The molecule has 3 fully saturated rings. The molecular formula is C19H29F2N3O2. The SMILES string of the molecule is CC(C(C#N)C(=O)N1C2CCC1(CO)CC2)C(C)(C)N1CCC(F)(F)C1. The van der Waals surface area contributed by atoms with Gasteiger partial charge in [-0.25, -0.2) is 8.78 Å². The molecule has 0 aromatic rings. The Bertz CT molecular complexity index is 608. The third kappa shape index (κ3) is 2.91. The zero-order chi connectivity index (χ0) is 19.3. The van der Waals surface area contributed by atoms with Gasteiger partial charge in [0.15, 0.2) is 0 Å². The van der Waals surface area contributed by atoms with Crippen molar-refractivity contribution in [2.24, 2.45) is 11.8 Å². The van der Waals surface area contributed by atoms with E-state index >= 15 is 0 Å². The second-order valence-corrected chi connectivity index (χ2v) is 8.90.